The number of carbonyl (C=O) groups is 1. The van der Waals surface area contributed by atoms with Crippen molar-refractivity contribution in [3.63, 3.8) is 0 Å². The van der Waals surface area contributed by atoms with Gasteiger partial charge in [0.05, 0.1) is 39.6 Å². The highest BCUT2D eigenvalue weighted by molar-refractivity contribution is 6.05. The Hall–Kier alpha value is -3.75. The highest BCUT2D eigenvalue weighted by Gasteiger charge is 2.19. The number of amides is 1. The maximum absolute atomic E-state index is 12.6. The molecule has 0 saturated heterocycles. The summed E-state index contributed by atoms with van der Waals surface area (Å²) in [5, 5.41) is 10.4. The Morgan fingerprint density at radius 2 is 1.50 bits per heavy atom. The maximum Gasteiger partial charge on any atom is 0.322 e. The van der Waals surface area contributed by atoms with E-state index in [9.17, 15) is 4.79 Å². The molecule has 9 nitrogen and oxygen atoms in total. The first-order chi connectivity index (χ1) is 13.6. The first-order valence-corrected chi connectivity index (χ1v) is 8.19. The van der Waals surface area contributed by atoms with Gasteiger partial charge in [0.15, 0.2) is 0 Å². The molecule has 0 saturated carbocycles. The lowest BCUT2D eigenvalue weighted by Gasteiger charge is -2.09. The Morgan fingerprint density at radius 1 is 0.857 bits per heavy atom. The molecule has 0 bridgehead atoms. The third kappa shape index (κ3) is 3.83. The summed E-state index contributed by atoms with van der Waals surface area (Å²) in [7, 11) is 6.06. The second kappa shape index (κ2) is 8.30. The smallest absolute Gasteiger partial charge is 0.322 e. The number of hydrogen-bond acceptors (Lipinski definition) is 8. The van der Waals surface area contributed by atoms with E-state index in [0.717, 1.165) is 0 Å². The summed E-state index contributed by atoms with van der Waals surface area (Å²) in [5.41, 5.74) is 0.800. The average molecular weight is 385 g/mol. The lowest BCUT2D eigenvalue weighted by molar-refractivity contribution is 0.102. The Balaban J connectivity index is 1.87. The molecule has 1 N–H and O–H groups in total. The molecule has 0 atom stereocenters. The molecule has 0 fully saturated rings. The zero-order valence-electron chi connectivity index (χ0n) is 15.8. The van der Waals surface area contributed by atoms with E-state index in [1.54, 1.807) is 43.5 Å². The molecule has 0 aliphatic carbocycles. The highest BCUT2D eigenvalue weighted by Crippen LogP contribution is 2.33. The molecule has 0 radical (unpaired) electrons. The van der Waals surface area contributed by atoms with Crippen LogP contribution in [-0.2, 0) is 0 Å². The van der Waals surface area contributed by atoms with Crippen LogP contribution in [0.2, 0.25) is 0 Å². The monoisotopic (exact) mass is 385 g/mol. The number of anilines is 1. The lowest BCUT2D eigenvalue weighted by atomic mass is 10.1. The molecule has 146 valence electrons. The van der Waals surface area contributed by atoms with Crippen LogP contribution in [0.25, 0.3) is 11.5 Å². The van der Waals surface area contributed by atoms with Crippen LogP contribution in [0.3, 0.4) is 0 Å². The molecule has 1 amide bonds. The summed E-state index contributed by atoms with van der Waals surface area (Å²) >= 11 is 0. The molecular weight excluding hydrogens is 366 g/mol. The largest absolute Gasteiger partial charge is 0.497 e. The van der Waals surface area contributed by atoms with Crippen molar-refractivity contribution in [1.29, 1.82) is 0 Å². The molecule has 0 spiro atoms. The molecule has 0 aliphatic rings. The van der Waals surface area contributed by atoms with Gasteiger partial charge in [-0.05, 0) is 36.4 Å². The molecule has 3 rings (SSSR count). The third-order valence-electron chi connectivity index (χ3n) is 3.93. The van der Waals surface area contributed by atoms with Gasteiger partial charge in [-0.2, -0.15) is 0 Å². The van der Waals surface area contributed by atoms with E-state index in [-0.39, 0.29) is 17.5 Å². The minimum atomic E-state index is -0.483. The van der Waals surface area contributed by atoms with Crippen molar-refractivity contribution in [2.24, 2.45) is 0 Å². The SMILES string of the molecule is COc1ccc(OC)c(C(=O)Nc2nnc(-c3cc(OC)ccc3OC)o2)c1. The number of hydrogen-bond donors (Lipinski definition) is 1. The standard InChI is InChI=1S/C19H19N3O6/c1-24-11-5-7-15(26-3)13(9-11)17(23)20-19-22-21-18(28-19)14-10-12(25-2)6-8-16(14)27-4/h5-10H,1-4H3,(H,20,22,23). The van der Waals surface area contributed by atoms with Crippen molar-refractivity contribution in [3.05, 3.63) is 42.0 Å². The van der Waals surface area contributed by atoms with Crippen LogP contribution in [0.5, 0.6) is 23.0 Å². The van der Waals surface area contributed by atoms with Gasteiger partial charge in [0.1, 0.15) is 23.0 Å². The zero-order valence-corrected chi connectivity index (χ0v) is 15.8. The molecule has 28 heavy (non-hydrogen) atoms. The van der Waals surface area contributed by atoms with Crippen LogP contribution in [0.4, 0.5) is 6.01 Å². The second-order valence-electron chi connectivity index (χ2n) is 5.50. The number of ether oxygens (including phenoxy) is 4. The van der Waals surface area contributed by atoms with Crippen molar-refractivity contribution in [2.45, 2.75) is 0 Å². The first kappa shape index (κ1) is 19.0. The topological polar surface area (TPSA) is 105 Å². The van der Waals surface area contributed by atoms with Crippen molar-refractivity contribution >= 4 is 11.9 Å². The first-order valence-electron chi connectivity index (χ1n) is 8.19. The quantitative estimate of drug-likeness (QED) is 0.662. The Bertz CT molecular complexity index is 986. The molecule has 1 heterocycles. The van der Waals surface area contributed by atoms with Crippen molar-refractivity contribution in [2.75, 3.05) is 33.8 Å². The molecular formula is C19H19N3O6. The summed E-state index contributed by atoms with van der Waals surface area (Å²) in [4.78, 5) is 12.6. The molecule has 3 aromatic rings. The summed E-state index contributed by atoms with van der Waals surface area (Å²) in [6.45, 7) is 0. The Morgan fingerprint density at radius 3 is 2.14 bits per heavy atom. The van der Waals surface area contributed by atoms with Gasteiger partial charge in [0, 0.05) is 0 Å². The van der Waals surface area contributed by atoms with Crippen LogP contribution in [0.15, 0.2) is 40.8 Å². The summed E-state index contributed by atoms with van der Waals surface area (Å²) < 4.78 is 26.5. The number of rotatable bonds is 7. The number of nitrogens with one attached hydrogen (secondary N) is 1. The molecule has 1 aromatic heterocycles. The molecule has 0 unspecified atom stereocenters. The van der Waals surface area contributed by atoms with Gasteiger partial charge in [-0.3, -0.25) is 10.1 Å². The van der Waals surface area contributed by atoms with Gasteiger partial charge < -0.3 is 23.4 Å². The fourth-order valence-corrected chi connectivity index (χ4v) is 2.52. The van der Waals surface area contributed by atoms with E-state index >= 15 is 0 Å². The number of aromatic nitrogens is 2. The van der Waals surface area contributed by atoms with Crippen LogP contribution < -0.4 is 24.3 Å². The van der Waals surface area contributed by atoms with E-state index in [4.69, 9.17) is 23.4 Å². The van der Waals surface area contributed by atoms with Gasteiger partial charge in [0.25, 0.3) is 11.8 Å². The number of carbonyl (C=O) groups excluding carboxylic acids is 1. The van der Waals surface area contributed by atoms with Crippen molar-refractivity contribution in [3.8, 4) is 34.5 Å². The van der Waals surface area contributed by atoms with E-state index in [1.165, 1.54) is 21.3 Å². The normalized spacial score (nSPS) is 10.3. The van der Waals surface area contributed by atoms with Crippen molar-refractivity contribution in [1.82, 2.24) is 10.2 Å². The van der Waals surface area contributed by atoms with Crippen LogP contribution in [0.1, 0.15) is 10.4 Å². The fourth-order valence-electron chi connectivity index (χ4n) is 2.52. The van der Waals surface area contributed by atoms with Gasteiger partial charge in [-0.1, -0.05) is 5.10 Å². The maximum atomic E-state index is 12.6. The van der Waals surface area contributed by atoms with Crippen LogP contribution >= 0.6 is 0 Å². The molecule has 9 heteroatoms. The summed E-state index contributed by atoms with van der Waals surface area (Å²) in [6.07, 6.45) is 0. The summed E-state index contributed by atoms with van der Waals surface area (Å²) in [6, 6.07) is 9.96. The van der Waals surface area contributed by atoms with E-state index < -0.39 is 5.91 Å². The Kier molecular flexibility index (Phi) is 5.64. The lowest BCUT2D eigenvalue weighted by Crippen LogP contribution is -2.13. The summed E-state index contributed by atoms with van der Waals surface area (Å²) in [5.74, 6) is 1.70. The van der Waals surface area contributed by atoms with E-state index in [2.05, 4.69) is 15.5 Å². The van der Waals surface area contributed by atoms with E-state index in [1.807, 2.05) is 0 Å². The average Bonchev–Trinajstić information content (AvgIpc) is 3.20. The molecule has 2 aromatic carbocycles. The van der Waals surface area contributed by atoms with Crippen LogP contribution in [-0.4, -0.2) is 44.5 Å². The minimum Gasteiger partial charge on any atom is -0.497 e. The van der Waals surface area contributed by atoms with Gasteiger partial charge in [0.2, 0.25) is 0 Å². The Labute approximate surface area is 161 Å². The molecule has 0 aliphatic heterocycles. The fraction of sp³-hybridized carbons (Fsp3) is 0.211. The predicted molar refractivity (Wildman–Crippen MR) is 100 cm³/mol. The predicted octanol–water partition coefficient (Wildman–Crippen LogP) is 3.02. The third-order valence-corrected chi connectivity index (χ3v) is 3.93. The van der Waals surface area contributed by atoms with Gasteiger partial charge in [-0.25, -0.2) is 0 Å². The van der Waals surface area contributed by atoms with Crippen molar-refractivity contribution < 1.29 is 28.2 Å². The number of benzene rings is 2. The minimum absolute atomic E-state index is 0.0743. The number of methoxy groups -OCH3 is 4. The van der Waals surface area contributed by atoms with Gasteiger partial charge in [-0.15, -0.1) is 5.10 Å². The van der Waals surface area contributed by atoms with Crippen LogP contribution in [0, 0.1) is 0 Å². The zero-order chi connectivity index (χ0) is 20.1. The van der Waals surface area contributed by atoms with Gasteiger partial charge >= 0.3 is 6.01 Å². The van der Waals surface area contributed by atoms with E-state index in [0.29, 0.717) is 28.6 Å². The number of nitrogens with zero attached hydrogens (tertiary/aromatic N) is 2. The highest BCUT2D eigenvalue weighted by atomic mass is 16.5. The second-order valence-corrected chi connectivity index (χ2v) is 5.50.